The van der Waals surface area contributed by atoms with E-state index in [1.807, 2.05) is 0 Å². The molecule has 1 aromatic heterocycles. The van der Waals surface area contributed by atoms with Crippen LogP contribution in [0.5, 0.6) is 0 Å². The Morgan fingerprint density at radius 2 is 2.21 bits per heavy atom. The van der Waals surface area contributed by atoms with Crippen molar-refractivity contribution < 1.29 is 13.2 Å². The van der Waals surface area contributed by atoms with Crippen LogP contribution in [0.3, 0.4) is 0 Å². The largest absolute Gasteiger partial charge is 0.449 e. The highest BCUT2D eigenvalue weighted by molar-refractivity contribution is 5.10. The van der Waals surface area contributed by atoms with Crippen molar-refractivity contribution in [3.8, 4) is 0 Å². The van der Waals surface area contributed by atoms with E-state index in [0.29, 0.717) is 0 Å². The van der Waals surface area contributed by atoms with Crippen LogP contribution in [0.15, 0.2) is 23.6 Å². The Morgan fingerprint density at radius 3 is 2.64 bits per heavy atom. The lowest BCUT2D eigenvalue weighted by Crippen LogP contribution is -2.21. The lowest BCUT2D eigenvalue weighted by atomic mass is 10.2. The predicted molar refractivity (Wildman–Crippen MR) is 43.8 cm³/mol. The summed E-state index contributed by atoms with van der Waals surface area (Å²) >= 11 is 0. The number of hydrogen-bond acceptors (Lipinski definition) is 2. The first-order valence-corrected chi connectivity index (χ1v) is 3.71. The molecule has 76 valence electrons. The van der Waals surface area contributed by atoms with E-state index in [0.717, 1.165) is 6.20 Å². The van der Waals surface area contributed by atoms with Crippen LogP contribution >= 0.6 is 0 Å². The molecule has 0 unspecified atom stereocenters. The van der Waals surface area contributed by atoms with Gasteiger partial charge in [0.2, 0.25) is 5.82 Å². The second-order valence-corrected chi connectivity index (χ2v) is 2.58. The normalized spacial score (nSPS) is 11.4. The molecule has 0 amide bonds. The quantitative estimate of drug-likeness (QED) is 0.742. The average molecular weight is 204 g/mol. The molecule has 0 aliphatic rings. The molecular formula is C8H7F3N2O. The molecule has 1 aromatic rings. The zero-order chi connectivity index (χ0) is 10.8. The molecule has 0 fully saturated rings. The van der Waals surface area contributed by atoms with Crippen LogP contribution in [0.4, 0.5) is 13.2 Å². The summed E-state index contributed by atoms with van der Waals surface area (Å²) in [6.45, 7) is 3.37. The maximum absolute atomic E-state index is 12.0. The number of rotatable bonds is 2. The summed E-state index contributed by atoms with van der Waals surface area (Å²) in [6.07, 6.45) is -2.10. The van der Waals surface area contributed by atoms with Crippen LogP contribution in [0.25, 0.3) is 0 Å². The number of nitrogens with one attached hydrogen (secondary N) is 1. The molecule has 0 radical (unpaired) electrons. The Bertz CT molecular complexity index is 394. The number of halogens is 3. The highest BCUT2D eigenvalue weighted by atomic mass is 19.4. The smallest absolute Gasteiger partial charge is 0.303 e. The van der Waals surface area contributed by atoms with Crippen molar-refractivity contribution in [2.45, 2.75) is 12.6 Å². The lowest BCUT2D eigenvalue weighted by molar-refractivity contribution is -0.145. The van der Waals surface area contributed by atoms with E-state index in [-0.39, 0.29) is 12.0 Å². The van der Waals surface area contributed by atoms with E-state index < -0.39 is 17.6 Å². The Labute approximate surface area is 77.3 Å². The molecule has 0 spiro atoms. The second kappa shape index (κ2) is 3.65. The van der Waals surface area contributed by atoms with Gasteiger partial charge in [0.1, 0.15) is 0 Å². The molecular weight excluding hydrogens is 197 g/mol. The van der Waals surface area contributed by atoms with Crippen molar-refractivity contribution >= 4 is 0 Å². The van der Waals surface area contributed by atoms with Crippen LogP contribution in [-0.2, 0) is 12.6 Å². The van der Waals surface area contributed by atoms with Crippen LogP contribution < -0.4 is 5.56 Å². The summed E-state index contributed by atoms with van der Waals surface area (Å²) in [4.78, 5) is 15.8. The molecule has 0 aliphatic carbocycles. The fraction of sp³-hybridized carbons (Fsp3) is 0.250. The Hall–Kier alpha value is -1.59. The SMILES string of the molecule is C=CCc1cnc(C(F)(F)F)[nH]c1=O. The van der Waals surface area contributed by atoms with Gasteiger partial charge in [-0.25, -0.2) is 4.98 Å². The van der Waals surface area contributed by atoms with E-state index in [9.17, 15) is 18.0 Å². The lowest BCUT2D eigenvalue weighted by Gasteiger charge is -2.04. The minimum atomic E-state index is -4.62. The molecule has 0 bridgehead atoms. The standard InChI is InChI=1S/C8H7F3N2O/c1-2-3-5-4-12-7(8(9,10)11)13-6(5)14/h2,4H,1,3H2,(H,12,13,14). The van der Waals surface area contributed by atoms with Crippen molar-refractivity contribution in [2.24, 2.45) is 0 Å². The van der Waals surface area contributed by atoms with Crippen molar-refractivity contribution in [3.63, 3.8) is 0 Å². The molecule has 0 aliphatic heterocycles. The van der Waals surface area contributed by atoms with Crippen molar-refractivity contribution in [1.82, 2.24) is 9.97 Å². The summed E-state index contributed by atoms with van der Waals surface area (Å²) in [7, 11) is 0. The number of hydrogen-bond donors (Lipinski definition) is 1. The number of aromatic amines is 1. The molecule has 6 heteroatoms. The summed E-state index contributed by atoms with van der Waals surface area (Å²) in [5.41, 5.74) is -0.625. The van der Waals surface area contributed by atoms with Crippen LogP contribution in [0, 0.1) is 0 Å². The van der Waals surface area contributed by atoms with Crippen molar-refractivity contribution in [3.05, 3.63) is 40.6 Å². The summed E-state index contributed by atoms with van der Waals surface area (Å²) in [6, 6.07) is 0. The fourth-order valence-electron chi connectivity index (χ4n) is 0.866. The number of H-pyrrole nitrogens is 1. The zero-order valence-corrected chi connectivity index (χ0v) is 7.06. The van der Waals surface area contributed by atoms with Gasteiger partial charge in [-0.2, -0.15) is 13.2 Å². The van der Waals surface area contributed by atoms with Gasteiger partial charge in [-0.15, -0.1) is 6.58 Å². The summed E-state index contributed by atoms with van der Waals surface area (Å²) in [5, 5.41) is 0. The minimum absolute atomic E-state index is 0.160. The van der Waals surface area contributed by atoms with Crippen molar-refractivity contribution in [2.75, 3.05) is 0 Å². The first-order valence-electron chi connectivity index (χ1n) is 3.71. The Morgan fingerprint density at radius 1 is 1.57 bits per heavy atom. The van der Waals surface area contributed by atoms with E-state index in [2.05, 4.69) is 11.6 Å². The average Bonchev–Trinajstić information content (AvgIpc) is 2.07. The third-order valence-corrected chi connectivity index (χ3v) is 1.51. The topological polar surface area (TPSA) is 45.8 Å². The molecule has 3 nitrogen and oxygen atoms in total. The molecule has 14 heavy (non-hydrogen) atoms. The maximum atomic E-state index is 12.0. The van der Waals surface area contributed by atoms with Crippen LogP contribution in [0.2, 0.25) is 0 Å². The number of aromatic nitrogens is 2. The Kier molecular flexibility index (Phi) is 2.73. The number of allylic oxidation sites excluding steroid dienone is 1. The van der Waals surface area contributed by atoms with Gasteiger partial charge in [0, 0.05) is 11.8 Å². The van der Waals surface area contributed by atoms with Gasteiger partial charge in [0.15, 0.2) is 0 Å². The van der Waals surface area contributed by atoms with Gasteiger partial charge >= 0.3 is 6.18 Å². The van der Waals surface area contributed by atoms with Gasteiger partial charge in [-0.05, 0) is 6.42 Å². The fourth-order valence-corrected chi connectivity index (χ4v) is 0.866. The highest BCUT2D eigenvalue weighted by Gasteiger charge is 2.33. The van der Waals surface area contributed by atoms with E-state index >= 15 is 0 Å². The van der Waals surface area contributed by atoms with Crippen LogP contribution in [-0.4, -0.2) is 9.97 Å². The monoisotopic (exact) mass is 204 g/mol. The van der Waals surface area contributed by atoms with Gasteiger partial charge in [-0.1, -0.05) is 6.08 Å². The predicted octanol–water partition coefficient (Wildman–Crippen LogP) is 1.52. The summed E-state index contributed by atoms with van der Waals surface area (Å²) < 4.78 is 36.1. The van der Waals surface area contributed by atoms with Gasteiger partial charge < -0.3 is 4.98 Å². The van der Waals surface area contributed by atoms with E-state index in [1.165, 1.54) is 6.08 Å². The zero-order valence-electron chi connectivity index (χ0n) is 7.06. The molecule has 0 saturated carbocycles. The summed E-state index contributed by atoms with van der Waals surface area (Å²) in [5.74, 6) is -1.28. The molecule has 1 N–H and O–H groups in total. The second-order valence-electron chi connectivity index (χ2n) is 2.58. The third kappa shape index (κ3) is 2.21. The highest BCUT2D eigenvalue weighted by Crippen LogP contribution is 2.24. The van der Waals surface area contributed by atoms with Gasteiger partial charge in [-0.3, -0.25) is 4.79 Å². The molecule has 0 aromatic carbocycles. The van der Waals surface area contributed by atoms with Crippen LogP contribution in [0.1, 0.15) is 11.4 Å². The molecule has 1 heterocycles. The molecule has 0 atom stereocenters. The number of alkyl halides is 3. The van der Waals surface area contributed by atoms with Crippen molar-refractivity contribution in [1.29, 1.82) is 0 Å². The first kappa shape index (κ1) is 10.5. The molecule has 0 saturated heterocycles. The van der Waals surface area contributed by atoms with Gasteiger partial charge in [0.25, 0.3) is 5.56 Å². The third-order valence-electron chi connectivity index (χ3n) is 1.51. The Balaban J connectivity index is 3.13. The number of nitrogens with zero attached hydrogens (tertiary/aromatic N) is 1. The molecule has 1 rings (SSSR count). The van der Waals surface area contributed by atoms with E-state index in [4.69, 9.17) is 0 Å². The first-order chi connectivity index (χ1) is 6.45. The van der Waals surface area contributed by atoms with E-state index in [1.54, 1.807) is 4.98 Å². The van der Waals surface area contributed by atoms with Gasteiger partial charge in [0.05, 0.1) is 0 Å². The minimum Gasteiger partial charge on any atom is -0.303 e. The maximum Gasteiger partial charge on any atom is 0.449 e.